The van der Waals surface area contributed by atoms with Crippen molar-refractivity contribution in [1.82, 2.24) is 15.4 Å². The largest absolute Gasteiger partial charge is 0.482 e. The van der Waals surface area contributed by atoms with Gasteiger partial charge >= 0.3 is 6.03 Å². The summed E-state index contributed by atoms with van der Waals surface area (Å²) in [6, 6.07) is 8.36. The summed E-state index contributed by atoms with van der Waals surface area (Å²) in [5.74, 6) is 0.0901. The van der Waals surface area contributed by atoms with E-state index in [1.54, 1.807) is 22.9 Å². The second-order valence-electron chi connectivity index (χ2n) is 6.22. The molecular weight excluding hydrogens is 370 g/mol. The molecule has 1 aromatic carbocycles. The number of nitrogens with one attached hydrogen (secondary N) is 3. The number of carbonyl (C=O) groups excluding carboxylic acids is 2. The SMILES string of the molecule is Cc1ccc(C)n1NC(=O)COc1ccc(C2=NNC(=O)NC2C)cc1Cl. The highest BCUT2D eigenvalue weighted by atomic mass is 35.5. The molecule has 0 fully saturated rings. The van der Waals surface area contributed by atoms with Crippen LogP contribution in [0.15, 0.2) is 35.4 Å². The minimum Gasteiger partial charge on any atom is -0.482 e. The van der Waals surface area contributed by atoms with Crippen molar-refractivity contribution in [1.29, 1.82) is 0 Å². The molecule has 9 heteroatoms. The van der Waals surface area contributed by atoms with E-state index in [0.717, 1.165) is 17.0 Å². The minimum absolute atomic E-state index is 0.176. The maximum Gasteiger partial charge on any atom is 0.335 e. The van der Waals surface area contributed by atoms with Gasteiger partial charge in [0.15, 0.2) is 6.61 Å². The number of nitrogens with zero attached hydrogens (tertiary/aromatic N) is 2. The molecule has 2 heterocycles. The van der Waals surface area contributed by atoms with E-state index in [1.807, 2.05) is 32.9 Å². The third-order valence-corrected chi connectivity index (χ3v) is 4.43. The van der Waals surface area contributed by atoms with Crippen molar-refractivity contribution >= 4 is 29.3 Å². The highest BCUT2D eigenvalue weighted by molar-refractivity contribution is 6.32. The lowest BCUT2D eigenvalue weighted by Crippen LogP contribution is -2.48. The van der Waals surface area contributed by atoms with Gasteiger partial charge in [0.2, 0.25) is 0 Å². The molecule has 1 aliphatic rings. The summed E-state index contributed by atoms with van der Waals surface area (Å²) in [6.45, 7) is 5.45. The molecule has 3 rings (SSSR count). The molecule has 0 radical (unpaired) electrons. The average molecular weight is 390 g/mol. The summed E-state index contributed by atoms with van der Waals surface area (Å²) in [6.07, 6.45) is 0. The highest BCUT2D eigenvalue weighted by Crippen LogP contribution is 2.26. The Morgan fingerprint density at radius 1 is 1.30 bits per heavy atom. The molecule has 0 saturated heterocycles. The summed E-state index contributed by atoms with van der Waals surface area (Å²) in [4.78, 5) is 23.4. The lowest BCUT2D eigenvalue weighted by molar-refractivity contribution is -0.119. The van der Waals surface area contributed by atoms with Crippen LogP contribution in [-0.4, -0.2) is 35.0 Å². The monoisotopic (exact) mass is 389 g/mol. The van der Waals surface area contributed by atoms with E-state index in [1.165, 1.54) is 0 Å². The van der Waals surface area contributed by atoms with E-state index in [0.29, 0.717) is 16.5 Å². The first-order chi connectivity index (χ1) is 12.8. The molecule has 142 valence electrons. The van der Waals surface area contributed by atoms with Crippen LogP contribution < -0.4 is 20.9 Å². The molecule has 3 amide bonds. The van der Waals surface area contributed by atoms with Crippen LogP contribution in [0.3, 0.4) is 0 Å². The van der Waals surface area contributed by atoms with Crippen LogP contribution in [0, 0.1) is 13.8 Å². The Labute approximate surface area is 161 Å². The molecule has 1 atom stereocenters. The van der Waals surface area contributed by atoms with Gasteiger partial charge in [0.05, 0.1) is 16.8 Å². The Morgan fingerprint density at radius 2 is 2.00 bits per heavy atom. The van der Waals surface area contributed by atoms with Crippen LogP contribution in [0.25, 0.3) is 0 Å². The van der Waals surface area contributed by atoms with Crippen LogP contribution in [0.5, 0.6) is 5.75 Å². The Morgan fingerprint density at radius 3 is 2.63 bits per heavy atom. The van der Waals surface area contributed by atoms with E-state index in [9.17, 15) is 9.59 Å². The molecule has 0 spiro atoms. The number of ether oxygens (including phenoxy) is 1. The predicted octanol–water partition coefficient (Wildman–Crippen LogP) is 2.31. The standard InChI is InChI=1S/C18H20ClN5O3/c1-10-4-5-11(2)24(10)23-16(25)9-27-15-7-6-13(8-14(15)19)17-12(3)20-18(26)22-21-17/h4-8,12H,9H2,1-3H3,(H,23,25)(H2,20,22,26). The molecule has 1 aliphatic heterocycles. The molecule has 0 bridgehead atoms. The molecule has 1 unspecified atom stereocenters. The Balaban J connectivity index is 1.64. The number of hydrazone groups is 1. The number of benzene rings is 1. The van der Waals surface area contributed by atoms with E-state index in [-0.39, 0.29) is 24.6 Å². The van der Waals surface area contributed by atoms with Crippen molar-refractivity contribution in [2.45, 2.75) is 26.8 Å². The van der Waals surface area contributed by atoms with Gasteiger partial charge in [0, 0.05) is 17.0 Å². The first kappa shape index (κ1) is 18.8. The number of aromatic nitrogens is 1. The zero-order chi connectivity index (χ0) is 19.6. The molecular formula is C18H20ClN5O3. The first-order valence-electron chi connectivity index (χ1n) is 8.37. The minimum atomic E-state index is -0.350. The van der Waals surface area contributed by atoms with E-state index < -0.39 is 0 Å². The second-order valence-corrected chi connectivity index (χ2v) is 6.63. The van der Waals surface area contributed by atoms with Gasteiger partial charge in [0.25, 0.3) is 5.91 Å². The Hall–Kier alpha value is -3.00. The third kappa shape index (κ3) is 4.22. The summed E-state index contributed by atoms with van der Waals surface area (Å²) >= 11 is 6.28. The molecule has 1 aromatic heterocycles. The van der Waals surface area contributed by atoms with Gasteiger partial charge in [0.1, 0.15) is 5.75 Å². The Kier molecular flexibility index (Phi) is 5.36. The lowest BCUT2D eigenvalue weighted by atomic mass is 10.0. The van der Waals surface area contributed by atoms with Crippen molar-refractivity contribution < 1.29 is 14.3 Å². The maximum absolute atomic E-state index is 12.1. The van der Waals surface area contributed by atoms with Crippen LogP contribution in [0.1, 0.15) is 23.9 Å². The normalized spacial score (nSPS) is 16.2. The first-order valence-corrected chi connectivity index (χ1v) is 8.74. The van der Waals surface area contributed by atoms with Gasteiger partial charge in [-0.05, 0) is 51.1 Å². The summed E-state index contributed by atoms with van der Waals surface area (Å²) in [5, 5.41) is 7.12. The van der Waals surface area contributed by atoms with E-state index in [4.69, 9.17) is 16.3 Å². The van der Waals surface area contributed by atoms with Crippen LogP contribution >= 0.6 is 11.6 Å². The van der Waals surface area contributed by atoms with Gasteiger partial charge in [-0.15, -0.1) is 0 Å². The molecule has 27 heavy (non-hydrogen) atoms. The number of carbonyl (C=O) groups is 2. The van der Waals surface area contributed by atoms with Gasteiger partial charge in [-0.25, -0.2) is 10.2 Å². The quantitative estimate of drug-likeness (QED) is 0.732. The maximum atomic E-state index is 12.1. The molecule has 3 N–H and O–H groups in total. The van der Waals surface area contributed by atoms with E-state index >= 15 is 0 Å². The molecule has 0 saturated carbocycles. The lowest BCUT2D eigenvalue weighted by Gasteiger charge is -2.21. The van der Waals surface area contributed by atoms with Crippen molar-refractivity contribution in [2.24, 2.45) is 5.10 Å². The smallest absolute Gasteiger partial charge is 0.335 e. The zero-order valence-corrected chi connectivity index (χ0v) is 15.9. The fourth-order valence-corrected chi connectivity index (χ4v) is 2.98. The number of amides is 3. The number of aryl methyl sites for hydroxylation is 2. The van der Waals surface area contributed by atoms with Crippen LogP contribution in [-0.2, 0) is 4.79 Å². The fraction of sp³-hybridized carbons (Fsp3) is 0.278. The molecule has 8 nitrogen and oxygen atoms in total. The number of hydrogen-bond donors (Lipinski definition) is 3. The summed E-state index contributed by atoms with van der Waals surface area (Å²) in [5.41, 5.74) is 8.38. The van der Waals surface area contributed by atoms with Crippen molar-refractivity contribution in [3.05, 3.63) is 52.3 Å². The number of urea groups is 1. The Bertz CT molecular complexity index is 902. The van der Waals surface area contributed by atoms with Gasteiger partial charge < -0.3 is 10.1 Å². The topological polar surface area (TPSA) is 96.8 Å². The van der Waals surface area contributed by atoms with Gasteiger partial charge in [-0.3, -0.25) is 14.9 Å². The van der Waals surface area contributed by atoms with Crippen LogP contribution in [0.4, 0.5) is 4.79 Å². The zero-order valence-electron chi connectivity index (χ0n) is 15.2. The summed E-state index contributed by atoms with van der Waals surface area (Å²) in [7, 11) is 0. The molecule has 0 aliphatic carbocycles. The highest BCUT2D eigenvalue weighted by Gasteiger charge is 2.21. The number of hydrogen-bond acceptors (Lipinski definition) is 4. The van der Waals surface area contributed by atoms with Crippen LogP contribution in [0.2, 0.25) is 5.02 Å². The van der Waals surface area contributed by atoms with Gasteiger partial charge in [-0.2, -0.15) is 5.10 Å². The van der Waals surface area contributed by atoms with E-state index in [2.05, 4.69) is 21.3 Å². The number of halogens is 1. The average Bonchev–Trinajstić information content (AvgIpc) is 2.92. The second kappa shape index (κ2) is 7.71. The van der Waals surface area contributed by atoms with Crippen molar-refractivity contribution in [2.75, 3.05) is 12.0 Å². The fourth-order valence-electron chi connectivity index (χ4n) is 2.74. The third-order valence-electron chi connectivity index (χ3n) is 4.13. The summed E-state index contributed by atoms with van der Waals surface area (Å²) < 4.78 is 7.23. The number of rotatable bonds is 5. The molecule has 2 aromatic rings. The van der Waals surface area contributed by atoms with Crippen molar-refractivity contribution in [3.63, 3.8) is 0 Å². The predicted molar refractivity (Wildman–Crippen MR) is 103 cm³/mol. The van der Waals surface area contributed by atoms with Crippen molar-refractivity contribution in [3.8, 4) is 5.75 Å². The van der Waals surface area contributed by atoms with Gasteiger partial charge in [-0.1, -0.05) is 11.6 Å².